The van der Waals surface area contributed by atoms with Gasteiger partial charge in [0.25, 0.3) is 6.43 Å². The summed E-state index contributed by atoms with van der Waals surface area (Å²) in [5.41, 5.74) is -0.255. The van der Waals surface area contributed by atoms with Crippen molar-refractivity contribution in [3.8, 4) is 0 Å². The van der Waals surface area contributed by atoms with Crippen molar-refractivity contribution in [2.75, 3.05) is 6.54 Å². The molecular weight excluding hydrogens is 328 g/mol. The monoisotopic (exact) mass is 347 g/mol. The molecule has 0 aromatic heterocycles. The maximum absolute atomic E-state index is 12.7. The number of carboxylic acids is 1. The Labute approximate surface area is 134 Å². The van der Waals surface area contributed by atoms with E-state index in [9.17, 15) is 27.1 Å². The molecule has 128 valence electrons. The van der Waals surface area contributed by atoms with Gasteiger partial charge >= 0.3 is 5.97 Å². The number of carbonyl (C=O) groups is 1. The van der Waals surface area contributed by atoms with Gasteiger partial charge in [-0.2, -0.15) is 4.31 Å². The Morgan fingerprint density at radius 1 is 1.26 bits per heavy atom. The molecule has 0 spiro atoms. The average molecular weight is 347 g/mol. The molecule has 0 amide bonds. The first-order valence-corrected chi connectivity index (χ1v) is 8.73. The first kappa shape index (κ1) is 17.8. The number of nitrogens with zero attached hydrogens (tertiary/aromatic N) is 1. The predicted molar refractivity (Wildman–Crippen MR) is 79.7 cm³/mol. The third-order valence-corrected chi connectivity index (χ3v) is 6.06. The van der Waals surface area contributed by atoms with Crippen LogP contribution in [0.1, 0.15) is 32.3 Å². The summed E-state index contributed by atoms with van der Waals surface area (Å²) in [6.45, 7) is 3.65. The van der Waals surface area contributed by atoms with Gasteiger partial charge in [0.15, 0.2) is 0 Å². The van der Waals surface area contributed by atoms with E-state index in [4.69, 9.17) is 0 Å². The Balaban J connectivity index is 2.36. The lowest BCUT2D eigenvalue weighted by Crippen LogP contribution is -2.43. The molecule has 0 saturated carbocycles. The standard InChI is InChI=1S/C15H19F2NO4S/c1-9(2)13-12(15(19)20)7-8-18(13)23(21,22)11-5-3-10(4-6-11)14(16)17/h3-6,9,12-14H,7-8H2,1-2H3,(H,19,20). The topological polar surface area (TPSA) is 74.7 Å². The molecule has 1 aromatic carbocycles. The minimum Gasteiger partial charge on any atom is -0.481 e. The van der Waals surface area contributed by atoms with Gasteiger partial charge in [-0.15, -0.1) is 0 Å². The van der Waals surface area contributed by atoms with Gasteiger partial charge in [-0.05, 0) is 24.5 Å². The minimum atomic E-state index is -3.92. The second-order valence-corrected chi connectivity index (χ2v) is 7.84. The third kappa shape index (κ3) is 3.37. The lowest BCUT2D eigenvalue weighted by Gasteiger charge is -2.29. The summed E-state index contributed by atoms with van der Waals surface area (Å²) in [5, 5.41) is 9.28. The summed E-state index contributed by atoms with van der Waals surface area (Å²) >= 11 is 0. The predicted octanol–water partition coefficient (Wildman–Crippen LogP) is 2.74. The van der Waals surface area contributed by atoms with Crippen LogP contribution in [0.5, 0.6) is 0 Å². The Bertz CT molecular complexity index is 673. The average Bonchev–Trinajstić information content (AvgIpc) is 2.93. The van der Waals surface area contributed by atoms with Crippen LogP contribution in [-0.4, -0.2) is 36.4 Å². The molecule has 0 bridgehead atoms. The summed E-state index contributed by atoms with van der Waals surface area (Å²) in [6, 6.07) is 3.79. The molecule has 1 saturated heterocycles. The number of hydrogen-bond acceptors (Lipinski definition) is 3. The molecule has 2 rings (SSSR count). The Morgan fingerprint density at radius 3 is 2.26 bits per heavy atom. The highest BCUT2D eigenvalue weighted by Gasteiger charge is 2.46. The van der Waals surface area contributed by atoms with Gasteiger partial charge in [0, 0.05) is 18.2 Å². The quantitative estimate of drug-likeness (QED) is 0.889. The van der Waals surface area contributed by atoms with Crippen molar-refractivity contribution in [1.29, 1.82) is 0 Å². The van der Waals surface area contributed by atoms with Gasteiger partial charge in [0.05, 0.1) is 10.8 Å². The second kappa shape index (κ2) is 6.52. The highest BCUT2D eigenvalue weighted by molar-refractivity contribution is 7.89. The van der Waals surface area contributed by atoms with Crippen LogP contribution in [0.2, 0.25) is 0 Å². The normalized spacial score (nSPS) is 22.9. The van der Waals surface area contributed by atoms with Gasteiger partial charge in [-0.25, -0.2) is 17.2 Å². The van der Waals surface area contributed by atoms with E-state index in [0.717, 1.165) is 24.3 Å². The number of aliphatic carboxylic acids is 1. The Hall–Kier alpha value is -1.54. The van der Waals surface area contributed by atoms with Gasteiger partial charge in [-0.3, -0.25) is 4.79 Å². The maximum atomic E-state index is 12.7. The van der Waals surface area contributed by atoms with Crippen LogP contribution in [0.25, 0.3) is 0 Å². The van der Waals surface area contributed by atoms with Gasteiger partial charge in [-0.1, -0.05) is 26.0 Å². The number of sulfonamides is 1. The van der Waals surface area contributed by atoms with Crippen LogP contribution < -0.4 is 0 Å². The van der Waals surface area contributed by atoms with E-state index >= 15 is 0 Å². The molecule has 1 heterocycles. The van der Waals surface area contributed by atoms with E-state index in [1.165, 1.54) is 4.31 Å². The Morgan fingerprint density at radius 2 is 1.83 bits per heavy atom. The van der Waals surface area contributed by atoms with E-state index in [1.54, 1.807) is 13.8 Å². The molecule has 5 nitrogen and oxygen atoms in total. The smallest absolute Gasteiger partial charge is 0.308 e. The molecule has 1 fully saturated rings. The largest absolute Gasteiger partial charge is 0.481 e. The summed E-state index contributed by atoms with van der Waals surface area (Å²) in [6.07, 6.45) is -2.43. The fourth-order valence-electron chi connectivity index (χ4n) is 3.05. The molecule has 2 unspecified atom stereocenters. The number of halogens is 2. The summed E-state index contributed by atoms with van der Waals surface area (Å²) in [5.74, 6) is -1.95. The van der Waals surface area contributed by atoms with Crippen LogP contribution >= 0.6 is 0 Å². The van der Waals surface area contributed by atoms with Crippen molar-refractivity contribution >= 4 is 16.0 Å². The van der Waals surface area contributed by atoms with Crippen molar-refractivity contribution in [3.05, 3.63) is 29.8 Å². The zero-order valence-electron chi connectivity index (χ0n) is 12.8. The molecule has 23 heavy (non-hydrogen) atoms. The fraction of sp³-hybridized carbons (Fsp3) is 0.533. The SMILES string of the molecule is CC(C)C1C(C(=O)O)CCN1S(=O)(=O)c1ccc(C(F)F)cc1. The highest BCUT2D eigenvalue weighted by Crippen LogP contribution is 2.35. The summed E-state index contributed by atoms with van der Waals surface area (Å²) in [4.78, 5) is 11.2. The van der Waals surface area contributed by atoms with Crippen molar-refractivity contribution in [1.82, 2.24) is 4.31 Å². The Kier molecular flexibility index (Phi) is 5.05. The van der Waals surface area contributed by atoms with E-state index in [-0.39, 0.29) is 29.3 Å². The van der Waals surface area contributed by atoms with E-state index in [0.29, 0.717) is 0 Å². The number of carboxylic acid groups (broad SMARTS) is 1. The fourth-order valence-corrected chi connectivity index (χ4v) is 4.86. The van der Waals surface area contributed by atoms with E-state index < -0.39 is 34.4 Å². The van der Waals surface area contributed by atoms with Crippen LogP contribution in [0.4, 0.5) is 8.78 Å². The first-order valence-electron chi connectivity index (χ1n) is 7.29. The maximum Gasteiger partial charge on any atom is 0.308 e. The number of benzene rings is 1. The molecule has 0 radical (unpaired) electrons. The summed E-state index contributed by atoms with van der Waals surface area (Å²) < 4.78 is 51.8. The lowest BCUT2D eigenvalue weighted by atomic mass is 9.92. The molecule has 1 aromatic rings. The minimum absolute atomic E-state index is 0.0985. The number of hydrogen-bond donors (Lipinski definition) is 1. The molecular formula is C15H19F2NO4S. The summed E-state index contributed by atoms with van der Waals surface area (Å²) in [7, 11) is -3.92. The van der Waals surface area contributed by atoms with Crippen molar-refractivity contribution < 1.29 is 27.1 Å². The third-order valence-electron chi connectivity index (χ3n) is 4.14. The number of alkyl halides is 2. The molecule has 1 N–H and O–H groups in total. The van der Waals surface area contributed by atoms with Crippen molar-refractivity contribution in [2.45, 2.75) is 37.6 Å². The zero-order chi connectivity index (χ0) is 17.4. The van der Waals surface area contributed by atoms with Gasteiger partial charge in [0.1, 0.15) is 0 Å². The van der Waals surface area contributed by atoms with E-state index in [1.807, 2.05) is 0 Å². The van der Waals surface area contributed by atoms with Crippen molar-refractivity contribution in [3.63, 3.8) is 0 Å². The van der Waals surface area contributed by atoms with Gasteiger partial charge < -0.3 is 5.11 Å². The number of rotatable bonds is 5. The van der Waals surface area contributed by atoms with Crippen LogP contribution in [0, 0.1) is 11.8 Å². The van der Waals surface area contributed by atoms with Gasteiger partial charge in [0.2, 0.25) is 10.0 Å². The molecule has 1 aliphatic heterocycles. The molecule has 8 heteroatoms. The van der Waals surface area contributed by atoms with Crippen molar-refractivity contribution in [2.24, 2.45) is 11.8 Å². The first-order chi connectivity index (χ1) is 10.7. The zero-order valence-corrected chi connectivity index (χ0v) is 13.6. The lowest BCUT2D eigenvalue weighted by molar-refractivity contribution is -0.142. The van der Waals surface area contributed by atoms with Crippen LogP contribution in [0.15, 0.2) is 29.2 Å². The van der Waals surface area contributed by atoms with Crippen LogP contribution in [-0.2, 0) is 14.8 Å². The molecule has 0 aliphatic carbocycles. The molecule has 1 aliphatic rings. The van der Waals surface area contributed by atoms with E-state index in [2.05, 4.69) is 0 Å². The second-order valence-electron chi connectivity index (χ2n) is 5.95. The highest BCUT2D eigenvalue weighted by atomic mass is 32.2. The van der Waals surface area contributed by atoms with Crippen LogP contribution in [0.3, 0.4) is 0 Å². The molecule has 2 atom stereocenters.